The van der Waals surface area contributed by atoms with Crippen LogP contribution in [0, 0.1) is 12.3 Å². The number of terminal acetylenes is 1. The Morgan fingerprint density at radius 3 is 2.80 bits per heavy atom. The molecule has 2 atom stereocenters. The summed E-state index contributed by atoms with van der Waals surface area (Å²) in [5, 5.41) is 3.34. The summed E-state index contributed by atoms with van der Waals surface area (Å²) in [6, 6.07) is 0.930. The van der Waals surface area contributed by atoms with Crippen LogP contribution < -0.4 is 5.32 Å². The first-order chi connectivity index (χ1) is 7.19. The van der Waals surface area contributed by atoms with E-state index < -0.39 is 0 Å². The molecule has 0 amide bonds. The maximum atomic E-state index is 5.41. The molecule has 0 radical (unpaired) electrons. The molecule has 1 aliphatic heterocycles. The first kappa shape index (κ1) is 12.5. The first-order valence-corrected chi connectivity index (χ1v) is 5.68. The molecule has 1 rings (SSSR count). The second-order valence-corrected chi connectivity index (χ2v) is 4.47. The second kappa shape index (κ2) is 6.12. The Bertz CT molecular complexity index is 221. The average Bonchev–Trinajstić information content (AvgIpc) is 2.37. The third-order valence-corrected chi connectivity index (χ3v) is 3.29. The van der Waals surface area contributed by atoms with Gasteiger partial charge in [-0.25, -0.2) is 0 Å². The fourth-order valence-electron chi connectivity index (χ4n) is 2.30. The largest absolute Gasteiger partial charge is 0.315 e. The Morgan fingerprint density at radius 2 is 2.20 bits per heavy atom. The maximum absolute atomic E-state index is 5.41. The van der Waals surface area contributed by atoms with Crippen LogP contribution in [-0.4, -0.2) is 62.7 Å². The van der Waals surface area contributed by atoms with Crippen LogP contribution in [0.3, 0.4) is 0 Å². The monoisotopic (exact) mass is 209 g/mol. The van der Waals surface area contributed by atoms with Gasteiger partial charge in [-0.2, -0.15) is 0 Å². The van der Waals surface area contributed by atoms with Crippen LogP contribution in [0.5, 0.6) is 0 Å². The van der Waals surface area contributed by atoms with Crippen molar-refractivity contribution in [3.05, 3.63) is 0 Å². The summed E-state index contributed by atoms with van der Waals surface area (Å²) >= 11 is 0. The summed E-state index contributed by atoms with van der Waals surface area (Å²) in [5.74, 6) is 2.76. The fourth-order valence-corrected chi connectivity index (χ4v) is 2.30. The van der Waals surface area contributed by atoms with Gasteiger partial charge in [-0.3, -0.25) is 0 Å². The third kappa shape index (κ3) is 3.49. The van der Waals surface area contributed by atoms with Gasteiger partial charge in [0.1, 0.15) is 0 Å². The van der Waals surface area contributed by atoms with Crippen molar-refractivity contribution in [3.63, 3.8) is 0 Å². The summed E-state index contributed by atoms with van der Waals surface area (Å²) < 4.78 is 0. The van der Waals surface area contributed by atoms with E-state index in [1.807, 2.05) is 7.05 Å². The maximum Gasteiger partial charge on any atom is 0.0382 e. The molecular formula is C12H23N3. The highest BCUT2D eigenvalue weighted by Gasteiger charge is 2.26. The van der Waals surface area contributed by atoms with Crippen LogP contribution in [0.15, 0.2) is 0 Å². The zero-order valence-electron chi connectivity index (χ0n) is 10.2. The lowest BCUT2D eigenvalue weighted by Gasteiger charge is -2.33. The van der Waals surface area contributed by atoms with Crippen molar-refractivity contribution in [1.82, 2.24) is 15.1 Å². The molecule has 0 aromatic heterocycles. The van der Waals surface area contributed by atoms with Gasteiger partial charge in [0, 0.05) is 25.0 Å². The Labute approximate surface area is 93.8 Å². The molecule has 15 heavy (non-hydrogen) atoms. The number of rotatable bonds is 3. The van der Waals surface area contributed by atoms with E-state index in [4.69, 9.17) is 6.42 Å². The molecule has 0 spiro atoms. The molecule has 1 fully saturated rings. The van der Waals surface area contributed by atoms with Crippen molar-refractivity contribution in [2.24, 2.45) is 0 Å². The lowest BCUT2D eigenvalue weighted by molar-refractivity contribution is 0.183. The number of nitrogens with one attached hydrogen (secondary N) is 1. The van der Waals surface area contributed by atoms with E-state index in [0.29, 0.717) is 12.1 Å². The van der Waals surface area contributed by atoms with Crippen molar-refractivity contribution >= 4 is 0 Å². The SMILES string of the molecule is C#CCC(NC)C1CN(C)CCCN1C. The Morgan fingerprint density at radius 1 is 1.47 bits per heavy atom. The lowest BCUT2D eigenvalue weighted by Crippen LogP contribution is -2.51. The molecule has 1 N–H and O–H groups in total. The van der Waals surface area contributed by atoms with Crippen LogP contribution in [0.25, 0.3) is 0 Å². The smallest absolute Gasteiger partial charge is 0.0382 e. The van der Waals surface area contributed by atoms with E-state index in [0.717, 1.165) is 19.5 Å². The van der Waals surface area contributed by atoms with E-state index in [1.54, 1.807) is 0 Å². The zero-order chi connectivity index (χ0) is 11.3. The normalized spacial score (nSPS) is 26.9. The predicted octanol–water partition coefficient (Wildman–Crippen LogP) is 0.234. The van der Waals surface area contributed by atoms with E-state index in [2.05, 4.69) is 35.1 Å². The molecular weight excluding hydrogens is 186 g/mol. The van der Waals surface area contributed by atoms with E-state index >= 15 is 0 Å². The van der Waals surface area contributed by atoms with Gasteiger partial charge in [0.25, 0.3) is 0 Å². The van der Waals surface area contributed by atoms with E-state index in [-0.39, 0.29) is 0 Å². The minimum Gasteiger partial charge on any atom is -0.315 e. The minimum atomic E-state index is 0.403. The standard InChI is InChI=1S/C12H23N3/c1-5-7-11(13-2)12-10-14(3)8-6-9-15(12)4/h1,11-13H,6-10H2,2-4H3. The van der Waals surface area contributed by atoms with Gasteiger partial charge in [-0.15, -0.1) is 12.3 Å². The average molecular weight is 209 g/mol. The molecule has 86 valence electrons. The van der Waals surface area contributed by atoms with Crippen LogP contribution in [0.2, 0.25) is 0 Å². The molecule has 3 heteroatoms. The summed E-state index contributed by atoms with van der Waals surface area (Å²) in [5.41, 5.74) is 0. The van der Waals surface area contributed by atoms with Crippen LogP contribution in [-0.2, 0) is 0 Å². The van der Waals surface area contributed by atoms with Crippen molar-refractivity contribution in [1.29, 1.82) is 0 Å². The van der Waals surface area contributed by atoms with Gasteiger partial charge < -0.3 is 15.1 Å². The molecule has 0 aromatic rings. The Hall–Kier alpha value is -0.560. The number of nitrogens with zero attached hydrogens (tertiary/aromatic N) is 2. The van der Waals surface area contributed by atoms with E-state index in [1.165, 1.54) is 13.0 Å². The van der Waals surface area contributed by atoms with Gasteiger partial charge in [0.2, 0.25) is 0 Å². The predicted molar refractivity (Wildman–Crippen MR) is 64.8 cm³/mol. The molecule has 1 heterocycles. The van der Waals surface area contributed by atoms with E-state index in [9.17, 15) is 0 Å². The summed E-state index contributed by atoms with van der Waals surface area (Å²) in [7, 11) is 6.39. The van der Waals surface area contributed by atoms with Gasteiger partial charge >= 0.3 is 0 Å². The van der Waals surface area contributed by atoms with Gasteiger partial charge in [0.15, 0.2) is 0 Å². The molecule has 3 nitrogen and oxygen atoms in total. The summed E-state index contributed by atoms with van der Waals surface area (Å²) in [6.45, 7) is 3.45. The minimum absolute atomic E-state index is 0.403. The lowest BCUT2D eigenvalue weighted by atomic mass is 10.0. The van der Waals surface area contributed by atoms with Crippen LogP contribution in [0.1, 0.15) is 12.8 Å². The van der Waals surface area contributed by atoms with Crippen molar-refractivity contribution < 1.29 is 0 Å². The van der Waals surface area contributed by atoms with Crippen molar-refractivity contribution in [2.75, 3.05) is 40.8 Å². The molecule has 1 saturated heterocycles. The highest BCUT2D eigenvalue weighted by atomic mass is 15.2. The second-order valence-electron chi connectivity index (χ2n) is 4.47. The van der Waals surface area contributed by atoms with Gasteiger partial charge in [0.05, 0.1) is 0 Å². The number of likely N-dealkylation sites (N-methyl/N-ethyl adjacent to an activating group) is 3. The molecule has 2 unspecified atom stereocenters. The molecule has 1 aliphatic rings. The fraction of sp³-hybridized carbons (Fsp3) is 0.833. The molecule has 0 aliphatic carbocycles. The zero-order valence-corrected chi connectivity index (χ0v) is 10.2. The van der Waals surface area contributed by atoms with Gasteiger partial charge in [-0.05, 0) is 40.7 Å². The van der Waals surface area contributed by atoms with Crippen molar-refractivity contribution in [2.45, 2.75) is 24.9 Å². The Kier molecular flexibility index (Phi) is 5.10. The first-order valence-electron chi connectivity index (χ1n) is 5.68. The number of hydrogen-bond donors (Lipinski definition) is 1. The Balaban J connectivity index is 2.65. The topological polar surface area (TPSA) is 18.5 Å². The molecule has 0 aromatic carbocycles. The van der Waals surface area contributed by atoms with Gasteiger partial charge in [-0.1, -0.05) is 0 Å². The summed E-state index contributed by atoms with van der Waals surface area (Å²) in [4.78, 5) is 4.83. The third-order valence-electron chi connectivity index (χ3n) is 3.29. The number of hydrogen-bond acceptors (Lipinski definition) is 3. The quantitative estimate of drug-likeness (QED) is 0.672. The molecule has 0 bridgehead atoms. The highest BCUT2D eigenvalue weighted by Crippen LogP contribution is 2.12. The van der Waals surface area contributed by atoms with Crippen molar-refractivity contribution in [3.8, 4) is 12.3 Å². The van der Waals surface area contributed by atoms with Crippen LogP contribution in [0.4, 0.5) is 0 Å². The molecule has 0 saturated carbocycles. The highest BCUT2D eigenvalue weighted by molar-refractivity contribution is 4.96. The van der Waals surface area contributed by atoms with Crippen LogP contribution >= 0.6 is 0 Å². The summed E-state index contributed by atoms with van der Waals surface area (Å²) in [6.07, 6.45) is 7.46.